The summed E-state index contributed by atoms with van der Waals surface area (Å²) in [5.74, 6) is 0. The molecule has 0 unspecified atom stereocenters. The molecule has 7 heteroatoms. The molecule has 0 fully saturated rings. The highest BCUT2D eigenvalue weighted by molar-refractivity contribution is 7.13. The van der Waals surface area contributed by atoms with E-state index in [0.717, 1.165) is 6.07 Å². The van der Waals surface area contributed by atoms with Gasteiger partial charge in [-0.15, -0.1) is 11.3 Å². The highest BCUT2D eigenvalue weighted by Crippen LogP contribution is 2.35. The van der Waals surface area contributed by atoms with Gasteiger partial charge in [0.25, 0.3) is 11.4 Å². The Morgan fingerprint density at radius 2 is 1.82 bits per heavy atom. The smallest absolute Gasteiger partial charge is 0.258 e. The zero-order chi connectivity index (χ0) is 12.4. The van der Waals surface area contributed by atoms with Crippen LogP contribution in [0.2, 0.25) is 0 Å². The molecule has 0 saturated carbocycles. The molecular formula is C10H6N2O4S. The van der Waals surface area contributed by atoms with E-state index in [2.05, 4.69) is 0 Å². The number of nitro benzene ring substituents is 2. The summed E-state index contributed by atoms with van der Waals surface area (Å²) in [6.45, 7) is 0. The van der Waals surface area contributed by atoms with Crippen molar-refractivity contribution < 1.29 is 9.85 Å². The van der Waals surface area contributed by atoms with Gasteiger partial charge in [0.2, 0.25) is 0 Å². The van der Waals surface area contributed by atoms with Crippen molar-refractivity contribution in [2.75, 3.05) is 0 Å². The maximum atomic E-state index is 10.9. The Morgan fingerprint density at radius 1 is 1.06 bits per heavy atom. The van der Waals surface area contributed by atoms with Gasteiger partial charge in [-0.2, -0.15) is 0 Å². The molecule has 1 aromatic carbocycles. The van der Waals surface area contributed by atoms with E-state index in [1.807, 2.05) is 0 Å². The van der Waals surface area contributed by atoms with Gasteiger partial charge in [-0.25, -0.2) is 0 Å². The number of non-ortho nitro benzene ring substituents is 1. The minimum absolute atomic E-state index is 0.248. The van der Waals surface area contributed by atoms with Gasteiger partial charge in [-0.3, -0.25) is 20.2 Å². The quantitative estimate of drug-likeness (QED) is 0.618. The first kappa shape index (κ1) is 11.2. The van der Waals surface area contributed by atoms with Gasteiger partial charge in [0, 0.05) is 10.9 Å². The van der Waals surface area contributed by atoms with Gasteiger partial charge in [0.15, 0.2) is 0 Å². The van der Waals surface area contributed by atoms with Crippen LogP contribution in [0.15, 0.2) is 35.7 Å². The zero-order valence-corrected chi connectivity index (χ0v) is 9.22. The van der Waals surface area contributed by atoms with Crippen LogP contribution in [0.25, 0.3) is 10.4 Å². The fourth-order valence-electron chi connectivity index (χ4n) is 1.42. The fourth-order valence-corrected chi connectivity index (χ4v) is 2.19. The molecule has 0 radical (unpaired) electrons. The van der Waals surface area contributed by atoms with Crippen LogP contribution in [0.3, 0.4) is 0 Å². The van der Waals surface area contributed by atoms with Crippen LogP contribution in [0.1, 0.15) is 0 Å². The molecule has 1 heterocycles. The van der Waals surface area contributed by atoms with Crippen molar-refractivity contribution in [3.05, 3.63) is 55.9 Å². The second-order valence-electron chi connectivity index (χ2n) is 3.19. The molecule has 2 rings (SSSR count). The molecular weight excluding hydrogens is 244 g/mol. The molecule has 0 bridgehead atoms. The standard InChI is InChI=1S/C10H6N2O4S/c13-11(14)7-3-4-8(9(6-7)12(15)16)10-2-1-5-17-10/h1-6H. The molecule has 17 heavy (non-hydrogen) atoms. The highest BCUT2D eigenvalue weighted by Gasteiger charge is 2.20. The summed E-state index contributed by atoms with van der Waals surface area (Å²) in [6.07, 6.45) is 0. The topological polar surface area (TPSA) is 86.3 Å². The maximum Gasteiger partial charge on any atom is 0.284 e. The summed E-state index contributed by atoms with van der Waals surface area (Å²) in [7, 11) is 0. The first-order valence-corrected chi connectivity index (χ1v) is 5.44. The molecule has 0 N–H and O–H groups in total. The normalized spacial score (nSPS) is 10.1. The Kier molecular flexibility index (Phi) is 2.84. The van der Waals surface area contributed by atoms with E-state index in [0.29, 0.717) is 10.4 Å². The predicted molar refractivity (Wildman–Crippen MR) is 63.1 cm³/mol. The fraction of sp³-hybridized carbons (Fsp3) is 0. The van der Waals surface area contributed by atoms with Crippen molar-refractivity contribution in [1.29, 1.82) is 0 Å². The molecule has 86 valence electrons. The summed E-state index contributed by atoms with van der Waals surface area (Å²) in [4.78, 5) is 20.9. The number of rotatable bonds is 3. The summed E-state index contributed by atoms with van der Waals surface area (Å²) in [5, 5.41) is 23.2. The van der Waals surface area contributed by atoms with E-state index in [-0.39, 0.29) is 11.4 Å². The van der Waals surface area contributed by atoms with Crippen LogP contribution >= 0.6 is 11.3 Å². The number of thiophene rings is 1. The van der Waals surface area contributed by atoms with Crippen molar-refractivity contribution >= 4 is 22.7 Å². The zero-order valence-electron chi connectivity index (χ0n) is 8.40. The summed E-state index contributed by atoms with van der Waals surface area (Å²) in [6, 6.07) is 7.16. The lowest BCUT2D eigenvalue weighted by Gasteiger charge is -1.99. The Balaban J connectivity index is 2.61. The van der Waals surface area contributed by atoms with Gasteiger partial charge in [-0.1, -0.05) is 6.07 Å². The van der Waals surface area contributed by atoms with E-state index >= 15 is 0 Å². The van der Waals surface area contributed by atoms with E-state index in [1.165, 1.54) is 23.5 Å². The minimum atomic E-state index is -0.648. The average molecular weight is 250 g/mol. The SMILES string of the molecule is O=[N+]([O-])c1ccc(-c2cccs2)c([N+](=O)[O-])c1. The van der Waals surface area contributed by atoms with Gasteiger partial charge in [0.05, 0.1) is 21.5 Å². The van der Waals surface area contributed by atoms with E-state index in [1.54, 1.807) is 17.5 Å². The van der Waals surface area contributed by atoms with Crippen molar-refractivity contribution in [1.82, 2.24) is 0 Å². The number of hydrogen-bond donors (Lipinski definition) is 0. The first-order valence-electron chi connectivity index (χ1n) is 4.56. The third-order valence-electron chi connectivity index (χ3n) is 2.18. The van der Waals surface area contributed by atoms with Crippen LogP contribution < -0.4 is 0 Å². The molecule has 2 aromatic rings. The van der Waals surface area contributed by atoms with Crippen LogP contribution in [0, 0.1) is 20.2 Å². The molecule has 0 aliphatic rings. The molecule has 0 aliphatic heterocycles. The Hall–Kier alpha value is -2.28. The second kappa shape index (κ2) is 4.30. The molecule has 0 aliphatic carbocycles. The van der Waals surface area contributed by atoms with E-state index in [4.69, 9.17) is 0 Å². The van der Waals surface area contributed by atoms with E-state index in [9.17, 15) is 20.2 Å². The van der Waals surface area contributed by atoms with Crippen molar-refractivity contribution in [3.8, 4) is 10.4 Å². The largest absolute Gasteiger partial charge is 0.284 e. The van der Waals surface area contributed by atoms with Crippen molar-refractivity contribution in [2.45, 2.75) is 0 Å². The monoisotopic (exact) mass is 250 g/mol. The van der Waals surface area contributed by atoms with E-state index < -0.39 is 9.85 Å². The summed E-state index contributed by atoms with van der Waals surface area (Å²) >= 11 is 1.35. The summed E-state index contributed by atoms with van der Waals surface area (Å²) in [5.41, 5.74) is -0.130. The number of hydrogen-bond acceptors (Lipinski definition) is 5. The molecule has 0 saturated heterocycles. The average Bonchev–Trinajstić information content (AvgIpc) is 2.81. The Labute approximate surface area is 99.4 Å². The third kappa shape index (κ3) is 2.13. The van der Waals surface area contributed by atoms with Crippen molar-refractivity contribution in [3.63, 3.8) is 0 Å². The molecule has 0 atom stereocenters. The second-order valence-corrected chi connectivity index (χ2v) is 4.14. The summed E-state index contributed by atoms with van der Waals surface area (Å²) < 4.78 is 0. The third-order valence-corrected chi connectivity index (χ3v) is 3.08. The predicted octanol–water partition coefficient (Wildman–Crippen LogP) is 3.23. The lowest BCUT2D eigenvalue weighted by Crippen LogP contribution is -1.94. The molecule has 6 nitrogen and oxygen atoms in total. The van der Waals surface area contributed by atoms with Crippen molar-refractivity contribution in [2.24, 2.45) is 0 Å². The van der Waals surface area contributed by atoms with Gasteiger partial charge >= 0.3 is 0 Å². The number of nitrogens with zero attached hydrogens (tertiary/aromatic N) is 2. The lowest BCUT2D eigenvalue weighted by atomic mass is 10.1. The molecule has 0 spiro atoms. The Morgan fingerprint density at radius 3 is 2.35 bits per heavy atom. The van der Waals surface area contributed by atoms with Crippen LogP contribution in [-0.2, 0) is 0 Å². The van der Waals surface area contributed by atoms with Crippen LogP contribution in [0.4, 0.5) is 11.4 Å². The maximum absolute atomic E-state index is 10.9. The van der Waals surface area contributed by atoms with Gasteiger partial charge in [-0.05, 0) is 17.5 Å². The molecule has 1 aromatic heterocycles. The van der Waals surface area contributed by atoms with Crippen LogP contribution in [0.5, 0.6) is 0 Å². The minimum Gasteiger partial charge on any atom is -0.258 e. The highest BCUT2D eigenvalue weighted by atomic mass is 32.1. The van der Waals surface area contributed by atoms with Gasteiger partial charge < -0.3 is 0 Å². The van der Waals surface area contributed by atoms with Gasteiger partial charge in [0.1, 0.15) is 0 Å². The number of benzene rings is 1. The number of nitro groups is 2. The molecule has 0 amide bonds. The van der Waals surface area contributed by atoms with Crippen LogP contribution in [-0.4, -0.2) is 9.85 Å². The Bertz CT molecular complexity index is 580. The lowest BCUT2D eigenvalue weighted by molar-refractivity contribution is -0.393. The first-order chi connectivity index (χ1) is 8.09.